The summed E-state index contributed by atoms with van der Waals surface area (Å²) in [5.74, 6) is 0. The maximum Gasteiger partial charge on any atom is 0.00441 e. The SMILES string of the molecule is [CH]1C=CCCC=CCC=CCCC=C1. The maximum absolute atomic E-state index is 2.26. The third-order valence-electron chi connectivity index (χ3n) is 2.10. The molecular weight excluding hydrogens is 168 g/mol. The predicted molar refractivity (Wildman–Crippen MR) is 63.9 cm³/mol. The molecule has 0 heterocycles. The van der Waals surface area contributed by atoms with Crippen molar-refractivity contribution in [1.82, 2.24) is 0 Å². The Morgan fingerprint density at radius 1 is 0.500 bits per heavy atom. The van der Waals surface area contributed by atoms with Gasteiger partial charge in [0.1, 0.15) is 0 Å². The van der Waals surface area contributed by atoms with Gasteiger partial charge < -0.3 is 0 Å². The van der Waals surface area contributed by atoms with Crippen LogP contribution in [0.1, 0.15) is 32.1 Å². The van der Waals surface area contributed by atoms with Crippen molar-refractivity contribution in [2.45, 2.75) is 32.1 Å². The zero-order chi connectivity index (χ0) is 9.90. The van der Waals surface area contributed by atoms with Crippen LogP contribution in [0, 0.1) is 6.42 Å². The monoisotopic (exact) mass is 187 g/mol. The molecule has 1 aliphatic carbocycles. The Morgan fingerprint density at radius 3 is 1.57 bits per heavy atom. The molecule has 0 atom stereocenters. The first kappa shape index (κ1) is 11.0. The Labute approximate surface area is 87.7 Å². The molecule has 0 bridgehead atoms. The lowest BCUT2D eigenvalue weighted by Crippen LogP contribution is -1.70. The molecular formula is C14H19. The minimum Gasteiger partial charge on any atom is -0.0879 e. The summed E-state index contributed by atoms with van der Waals surface area (Å²) in [6.07, 6.45) is 25.5. The van der Waals surface area contributed by atoms with Gasteiger partial charge in [-0.05, 0) is 32.1 Å². The first-order chi connectivity index (χ1) is 7.00. The Hall–Kier alpha value is -1.04. The molecule has 0 amide bonds. The molecule has 0 aromatic carbocycles. The maximum atomic E-state index is 2.26. The fraction of sp³-hybridized carbons (Fsp3) is 0.357. The molecule has 1 rings (SSSR count). The Morgan fingerprint density at radius 2 is 1.00 bits per heavy atom. The molecule has 75 valence electrons. The van der Waals surface area contributed by atoms with Crippen LogP contribution in [0.15, 0.2) is 48.6 Å². The zero-order valence-corrected chi connectivity index (χ0v) is 8.73. The van der Waals surface area contributed by atoms with Gasteiger partial charge >= 0.3 is 0 Å². The van der Waals surface area contributed by atoms with Gasteiger partial charge in [0.05, 0.1) is 0 Å². The van der Waals surface area contributed by atoms with E-state index in [1.807, 2.05) is 0 Å². The summed E-state index contributed by atoms with van der Waals surface area (Å²) in [4.78, 5) is 0. The molecule has 0 saturated heterocycles. The highest BCUT2D eigenvalue weighted by molar-refractivity contribution is 5.09. The molecule has 0 aromatic rings. The van der Waals surface area contributed by atoms with E-state index in [1.54, 1.807) is 0 Å². The highest BCUT2D eigenvalue weighted by Gasteiger charge is 1.80. The smallest absolute Gasteiger partial charge is 0.00441 e. The number of rotatable bonds is 0. The van der Waals surface area contributed by atoms with E-state index in [1.165, 1.54) is 0 Å². The topological polar surface area (TPSA) is 0 Å². The summed E-state index contributed by atoms with van der Waals surface area (Å²) in [6.45, 7) is 0. The molecule has 14 heavy (non-hydrogen) atoms. The summed E-state index contributed by atoms with van der Waals surface area (Å²) >= 11 is 0. The van der Waals surface area contributed by atoms with Gasteiger partial charge in [-0.1, -0.05) is 48.6 Å². The van der Waals surface area contributed by atoms with Crippen molar-refractivity contribution in [3.8, 4) is 0 Å². The van der Waals surface area contributed by atoms with E-state index in [-0.39, 0.29) is 0 Å². The number of hydrogen-bond donors (Lipinski definition) is 0. The van der Waals surface area contributed by atoms with E-state index >= 15 is 0 Å². The van der Waals surface area contributed by atoms with Crippen molar-refractivity contribution >= 4 is 0 Å². The molecule has 0 fully saturated rings. The summed E-state index contributed by atoms with van der Waals surface area (Å²) in [5, 5.41) is 0. The Bertz CT molecular complexity index is 178. The first-order valence-corrected chi connectivity index (χ1v) is 5.45. The van der Waals surface area contributed by atoms with Gasteiger partial charge in [-0.25, -0.2) is 0 Å². The van der Waals surface area contributed by atoms with Crippen LogP contribution >= 0.6 is 0 Å². The van der Waals surface area contributed by atoms with Gasteiger partial charge in [-0.3, -0.25) is 0 Å². The standard InChI is InChI=1S/C14H19/c1-2-4-6-8-10-12-14-13-11-9-7-5-3-1/h1-5,10-13H,6-9,14H2. The number of allylic oxidation sites excluding steroid dienone is 8. The van der Waals surface area contributed by atoms with Gasteiger partial charge in [0, 0.05) is 6.42 Å². The molecule has 0 saturated carbocycles. The Balaban J connectivity index is 2.33. The second-order valence-corrected chi connectivity index (χ2v) is 3.38. The second-order valence-electron chi connectivity index (χ2n) is 3.38. The summed E-state index contributed by atoms with van der Waals surface area (Å²) < 4.78 is 0. The van der Waals surface area contributed by atoms with E-state index in [0.717, 1.165) is 32.1 Å². The van der Waals surface area contributed by atoms with E-state index in [0.29, 0.717) is 0 Å². The summed E-state index contributed by atoms with van der Waals surface area (Å²) in [5.41, 5.74) is 0. The molecule has 0 heteroatoms. The van der Waals surface area contributed by atoms with Crippen LogP contribution in [0.5, 0.6) is 0 Å². The molecule has 0 nitrogen and oxygen atoms in total. The highest BCUT2D eigenvalue weighted by atomic mass is 13.9. The van der Waals surface area contributed by atoms with Gasteiger partial charge in [-0.15, -0.1) is 0 Å². The molecule has 0 spiro atoms. The van der Waals surface area contributed by atoms with E-state index in [9.17, 15) is 0 Å². The minimum absolute atomic E-state index is 1.08. The third kappa shape index (κ3) is 6.47. The lowest BCUT2D eigenvalue weighted by molar-refractivity contribution is 1.03. The van der Waals surface area contributed by atoms with Crippen LogP contribution in [0.25, 0.3) is 0 Å². The van der Waals surface area contributed by atoms with Gasteiger partial charge in [0.25, 0.3) is 0 Å². The van der Waals surface area contributed by atoms with Crippen LogP contribution in [-0.4, -0.2) is 0 Å². The van der Waals surface area contributed by atoms with Gasteiger partial charge in [0.2, 0.25) is 0 Å². The largest absolute Gasteiger partial charge is 0.0879 e. The van der Waals surface area contributed by atoms with Crippen LogP contribution in [0.3, 0.4) is 0 Å². The van der Waals surface area contributed by atoms with E-state index < -0.39 is 0 Å². The summed E-state index contributed by atoms with van der Waals surface area (Å²) in [7, 11) is 0. The van der Waals surface area contributed by atoms with Crippen LogP contribution in [0.4, 0.5) is 0 Å². The second kappa shape index (κ2) is 8.55. The average molecular weight is 187 g/mol. The third-order valence-corrected chi connectivity index (χ3v) is 2.10. The predicted octanol–water partition coefficient (Wildman–Crippen LogP) is 4.38. The highest BCUT2D eigenvalue weighted by Crippen LogP contribution is 2.00. The van der Waals surface area contributed by atoms with Crippen molar-refractivity contribution < 1.29 is 0 Å². The fourth-order valence-electron chi connectivity index (χ4n) is 1.31. The fourth-order valence-corrected chi connectivity index (χ4v) is 1.31. The average Bonchev–Trinajstić information content (AvgIpc) is 2.22. The molecule has 1 aliphatic rings. The van der Waals surface area contributed by atoms with Crippen molar-refractivity contribution in [2.75, 3.05) is 0 Å². The normalized spacial score (nSPS) is 19.4. The van der Waals surface area contributed by atoms with Gasteiger partial charge in [0.15, 0.2) is 0 Å². The Kier molecular flexibility index (Phi) is 6.74. The van der Waals surface area contributed by atoms with Crippen molar-refractivity contribution in [2.24, 2.45) is 0 Å². The zero-order valence-electron chi connectivity index (χ0n) is 8.73. The molecule has 0 aromatic heterocycles. The van der Waals surface area contributed by atoms with Crippen LogP contribution in [0.2, 0.25) is 0 Å². The summed E-state index contributed by atoms with van der Waals surface area (Å²) in [6, 6.07) is 0. The lowest BCUT2D eigenvalue weighted by Gasteiger charge is -1.90. The van der Waals surface area contributed by atoms with Crippen molar-refractivity contribution in [3.05, 3.63) is 55.0 Å². The van der Waals surface area contributed by atoms with Gasteiger partial charge in [-0.2, -0.15) is 0 Å². The molecule has 0 aliphatic heterocycles. The minimum atomic E-state index is 1.08. The quantitative estimate of drug-likeness (QED) is 0.494. The lowest BCUT2D eigenvalue weighted by atomic mass is 10.2. The molecule has 0 unspecified atom stereocenters. The van der Waals surface area contributed by atoms with E-state index in [2.05, 4.69) is 55.0 Å². The first-order valence-electron chi connectivity index (χ1n) is 5.45. The van der Waals surface area contributed by atoms with Crippen molar-refractivity contribution in [1.29, 1.82) is 0 Å². The number of hydrogen-bond acceptors (Lipinski definition) is 0. The van der Waals surface area contributed by atoms with Crippen LogP contribution in [-0.2, 0) is 0 Å². The molecule has 1 radical (unpaired) electrons. The van der Waals surface area contributed by atoms with Crippen molar-refractivity contribution in [3.63, 3.8) is 0 Å². The van der Waals surface area contributed by atoms with Crippen LogP contribution < -0.4 is 0 Å². The molecule has 0 N–H and O–H groups in total. The van der Waals surface area contributed by atoms with E-state index in [4.69, 9.17) is 0 Å².